The molecule has 0 aromatic heterocycles. The van der Waals surface area contributed by atoms with Crippen molar-refractivity contribution < 1.29 is 14.6 Å². The largest absolute Gasteiger partial charge is 0.493 e. The molecule has 0 aliphatic carbocycles. The second kappa shape index (κ2) is 7.14. The Bertz CT molecular complexity index is 400. The Kier molecular flexibility index (Phi) is 5.83. The Morgan fingerprint density at radius 2 is 1.79 bits per heavy atom. The summed E-state index contributed by atoms with van der Waals surface area (Å²) in [6, 6.07) is 7.18. The van der Waals surface area contributed by atoms with Gasteiger partial charge in [0.1, 0.15) is 11.8 Å². The van der Waals surface area contributed by atoms with Crippen LogP contribution in [0, 0.1) is 5.92 Å². The number of hydrogen-bond acceptors (Lipinski definition) is 3. The van der Waals surface area contributed by atoms with Crippen LogP contribution in [0.2, 0.25) is 0 Å². The summed E-state index contributed by atoms with van der Waals surface area (Å²) in [4.78, 5) is 10.8. The van der Waals surface area contributed by atoms with E-state index in [1.165, 1.54) is 0 Å². The van der Waals surface area contributed by atoms with Crippen LogP contribution in [0.15, 0.2) is 24.3 Å². The van der Waals surface area contributed by atoms with Gasteiger partial charge in [-0.15, -0.1) is 0 Å². The molecule has 0 aliphatic rings. The lowest BCUT2D eigenvalue weighted by molar-refractivity contribution is -0.139. The highest BCUT2D eigenvalue weighted by molar-refractivity contribution is 5.72. The molecule has 2 atom stereocenters. The Balaban J connectivity index is 2.57. The summed E-state index contributed by atoms with van der Waals surface area (Å²) in [7, 11) is 0. The van der Waals surface area contributed by atoms with E-state index in [-0.39, 0.29) is 6.04 Å². The van der Waals surface area contributed by atoms with Gasteiger partial charge in [-0.05, 0) is 37.5 Å². The molecule has 0 spiro atoms. The molecule has 0 saturated carbocycles. The van der Waals surface area contributed by atoms with Gasteiger partial charge in [-0.25, -0.2) is 0 Å². The monoisotopic (exact) mass is 265 g/mol. The highest BCUT2D eigenvalue weighted by Crippen LogP contribution is 2.18. The molecule has 0 radical (unpaired) electrons. The number of benzene rings is 1. The molecule has 0 amide bonds. The predicted octanol–water partition coefficient (Wildman–Crippen LogP) is 2.85. The van der Waals surface area contributed by atoms with Crippen LogP contribution in [0.1, 0.15) is 39.3 Å². The number of rotatable bonds is 7. The first kappa shape index (κ1) is 15.5. The lowest BCUT2D eigenvalue weighted by atomic mass is 10.1. The molecule has 2 N–H and O–H groups in total. The van der Waals surface area contributed by atoms with Crippen molar-refractivity contribution in [1.29, 1.82) is 0 Å². The first-order chi connectivity index (χ1) is 8.90. The third-order valence-electron chi connectivity index (χ3n) is 2.83. The van der Waals surface area contributed by atoms with E-state index in [0.29, 0.717) is 12.5 Å². The Morgan fingerprint density at radius 3 is 2.26 bits per heavy atom. The van der Waals surface area contributed by atoms with Crippen LogP contribution >= 0.6 is 0 Å². The summed E-state index contributed by atoms with van der Waals surface area (Å²) < 4.78 is 5.61. The fourth-order valence-corrected chi connectivity index (χ4v) is 1.66. The average Bonchev–Trinajstić information content (AvgIpc) is 2.36. The molecule has 0 heterocycles. The maximum Gasteiger partial charge on any atom is 0.320 e. The van der Waals surface area contributed by atoms with Crippen LogP contribution < -0.4 is 10.1 Å². The quantitative estimate of drug-likeness (QED) is 0.796. The molecule has 106 valence electrons. The molecule has 1 aromatic rings. The SMILES string of the molecule is CC(C)COc1ccc(C(C)NC(C)C(=O)O)cc1. The zero-order chi connectivity index (χ0) is 14.4. The minimum absolute atomic E-state index is 0.00903. The van der Waals surface area contributed by atoms with Crippen molar-refractivity contribution in [3.05, 3.63) is 29.8 Å². The minimum Gasteiger partial charge on any atom is -0.493 e. The van der Waals surface area contributed by atoms with E-state index in [4.69, 9.17) is 9.84 Å². The number of carboxylic acids is 1. The van der Waals surface area contributed by atoms with Gasteiger partial charge in [0.2, 0.25) is 0 Å². The van der Waals surface area contributed by atoms with Gasteiger partial charge in [-0.3, -0.25) is 10.1 Å². The minimum atomic E-state index is -0.844. The Morgan fingerprint density at radius 1 is 1.21 bits per heavy atom. The molecular formula is C15H23NO3. The number of hydrogen-bond donors (Lipinski definition) is 2. The zero-order valence-corrected chi connectivity index (χ0v) is 12.0. The summed E-state index contributed by atoms with van der Waals surface area (Å²) in [5.74, 6) is 0.497. The van der Waals surface area contributed by atoms with E-state index >= 15 is 0 Å². The maximum atomic E-state index is 10.8. The fourth-order valence-electron chi connectivity index (χ4n) is 1.66. The number of ether oxygens (including phenoxy) is 1. The van der Waals surface area contributed by atoms with Crippen LogP contribution in [-0.2, 0) is 4.79 Å². The first-order valence-corrected chi connectivity index (χ1v) is 6.61. The van der Waals surface area contributed by atoms with Gasteiger partial charge in [0, 0.05) is 6.04 Å². The summed E-state index contributed by atoms with van der Waals surface area (Å²) in [6.07, 6.45) is 0. The maximum absolute atomic E-state index is 10.8. The Labute approximate surface area is 114 Å². The van der Waals surface area contributed by atoms with Gasteiger partial charge >= 0.3 is 5.97 Å². The van der Waals surface area contributed by atoms with Crippen LogP contribution in [0.4, 0.5) is 0 Å². The molecule has 1 aromatic carbocycles. The molecule has 0 bridgehead atoms. The first-order valence-electron chi connectivity index (χ1n) is 6.61. The summed E-state index contributed by atoms with van der Waals surface area (Å²) in [5.41, 5.74) is 1.05. The smallest absolute Gasteiger partial charge is 0.320 e. The fraction of sp³-hybridized carbons (Fsp3) is 0.533. The van der Waals surface area contributed by atoms with Crippen LogP contribution in [-0.4, -0.2) is 23.7 Å². The van der Waals surface area contributed by atoms with Crippen molar-refractivity contribution in [3.63, 3.8) is 0 Å². The van der Waals surface area contributed by atoms with Gasteiger partial charge in [0.15, 0.2) is 0 Å². The molecule has 0 aliphatic heterocycles. The molecule has 1 rings (SSSR count). The van der Waals surface area contributed by atoms with Gasteiger partial charge in [0.05, 0.1) is 6.61 Å². The highest BCUT2D eigenvalue weighted by Gasteiger charge is 2.14. The molecule has 4 heteroatoms. The van der Waals surface area contributed by atoms with Crippen LogP contribution in [0.25, 0.3) is 0 Å². The molecule has 4 nitrogen and oxygen atoms in total. The third kappa shape index (κ3) is 5.30. The molecular weight excluding hydrogens is 242 g/mol. The van der Waals surface area contributed by atoms with E-state index < -0.39 is 12.0 Å². The summed E-state index contributed by atoms with van der Waals surface area (Å²) >= 11 is 0. The second-order valence-electron chi connectivity index (χ2n) is 5.22. The molecule has 2 unspecified atom stereocenters. The van der Waals surface area contributed by atoms with Crippen molar-refractivity contribution in [3.8, 4) is 5.75 Å². The molecule has 19 heavy (non-hydrogen) atoms. The standard InChI is InChI=1S/C15H23NO3/c1-10(2)9-19-14-7-5-13(6-8-14)11(3)16-12(4)15(17)18/h5-8,10-12,16H,9H2,1-4H3,(H,17,18). The summed E-state index contributed by atoms with van der Waals surface area (Å²) in [5, 5.41) is 11.9. The van der Waals surface area contributed by atoms with E-state index in [1.807, 2.05) is 31.2 Å². The van der Waals surface area contributed by atoms with E-state index in [2.05, 4.69) is 19.2 Å². The number of carbonyl (C=O) groups is 1. The van der Waals surface area contributed by atoms with Gasteiger partial charge in [-0.2, -0.15) is 0 Å². The Hall–Kier alpha value is -1.55. The van der Waals surface area contributed by atoms with Crippen LogP contribution in [0.5, 0.6) is 5.75 Å². The third-order valence-corrected chi connectivity index (χ3v) is 2.83. The molecule has 0 saturated heterocycles. The number of nitrogens with one attached hydrogen (secondary N) is 1. The lowest BCUT2D eigenvalue weighted by Gasteiger charge is -2.18. The average molecular weight is 265 g/mol. The van der Waals surface area contributed by atoms with Crippen molar-refractivity contribution in [2.24, 2.45) is 5.92 Å². The van der Waals surface area contributed by atoms with Gasteiger partial charge in [-0.1, -0.05) is 26.0 Å². The summed E-state index contributed by atoms with van der Waals surface area (Å²) in [6.45, 7) is 8.49. The topological polar surface area (TPSA) is 58.6 Å². The van der Waals surface area contributed by atoms with Crippen molar-refractivity contribution in [2.45, 2.75) is 39.8 Å². The number of carboxylic acid groups (broad SMARTS) is 1. The lowest BCUT2D eigenvalue weighted by Crippen LogP contribution is -2.35. The zero-order valence-electron chi connectivity index (χ0n) is 12.0. The van der Waals surface area contributed by atoms with Gasteiger partial charge < -0.3 is 9.84 Å². The van der Waals surface area contributed by atoms with E-state index in [0.717, 1.165) is 11.3 Å². The second-order valence-corrected chi connectivity index (χ2v) is 5.22. The highest BCUT2D eigenvalue weighted by atomic mass is 16.5. The van der Waals surface area contributed by atoms with E-state index in [9.17, 15) is 4.79 Å². The van der Waals surface area contributed by atoms with Crippen molar-refractivity contribution in [1.82, 2.24) is 5.32 Å². The predicted molar refractivity (Wildman–Crippen MR) is 75.4 cm³/mol. The van der Waals surface area contributed by atoms with Crippen molar-refractivity contribution >= 4 is 5.97 Å². The number of aliphatic carboxylic acids is 1. The normalized spacial score (nSPS) is 14.2. The molecule has 0 fully saturated rings. The van der Waals surface area contributed by atoms with E-state index in [1.54, 1.807) is 6.92 Å². The van der Waals surface area contributed by atoms with Crippen molar-refractivity contribution in [2.75, 3.05) is 6.61 Å². The van der Waals surface area contributed by atoms with Gasteiger partial charge in [0.25, 0.3) is 0 Å². The van der Waals surface area contributed by atoms with Crippen LogP contribution in [0.3, 0.4) is 0 Å².